The maximum atomic E-state index is 5.55. The average Bonchev–Trinajstić information content (AvgIpc) is 2.65. The minimum absolute atomic E-state index is 0.607. The summed E-state index contributed by atoms with van der Waals surface area (Å²) in [6.45, 7) is 0.607. The number of rotatable bonds is 0. The largest absolute Gasteiger partial charge is 0.487 e. The highest BCUT2D eigenvalue weighted by molar-refractivity contribution is 7.13. The highest BCUT2D eigenvalue weighted by Crippen LogP contribution is 2.38. The first-order chi connectivity index (χ1) is 6.45. The number of benzene rings is 1. The SMILES string of the molecule is c1ccc2c(c1)OCc1ncsc1-2. The molecule has 0 unspecified atom stereocenters. The van der Waals surface area contributed by atoms with E-state index in [0.717, 1.165) is 11.4 Å². The third-order valence-electron chi connectivity index (χ3n) is 2.14. The topological polar surface area (TPSA) is 22.1 Å². The third kappa shape index (κ3) is 0.971. The molecule has 0 bridgehead atoms. The summed E-state index contributed by atoms with van der Waals surface area (Å²) in [6.07, 6.45) is 0. The zero-order chi connectivity index (χ0) is 8.67. The lowest BCUT2D eigenvalue weighted by Crippen LogP contribution is -2.03. The zero-order valence-electron chi connectivity index (χ0n) is 6.86. The second-order valence-corrected chi connectivity index (χ2v) is 3.77. The molecule has 1 aliphatic rings. The standard InChI is InChI=1S/C10H7NOS/c1-2-4-9-7(3-1)10-8(5-12-9)11-6-13-10/h1-4,6H,5H2. The normalized spacial score (nSPS) is 12.9. The fourth-order valence-corrected chi connectivity index (χ4v) is 2.35. The van der Waals surface area contributed by atoms with Crippen molar-refractivity contribution in [1.82, 2.24) is 4.98 Å². The average molecular weight is 189 g/mol. The van der Waals surface area contributed by atoms with Crippen LogP contribution in [0.3, 0.4) is 0 Å². The lowest BCUT2D eigenvalue weighted by molar-refractivity contribution is 0.298. The Morgan fingerprint density at radius 2 is 2.23 bits per heavy atom. The van der Waals surface area contributed by atoms with Crippen molar-refractivity contribution in [2.24, 2.45) is 0 Å². The van der Waals surface area contributed by atoms with Gasteiger partial charge in [-0.3, -0.25) is 0 Å². The summed E-state index contributed by atoms with van der Waals surface area (Å²) in [7, 11) is 0. The van der Waals surface area contributed by atoms with Crippen molar-refractivity contribution in [3.63, 3.8) is 0 Å². The summed E-state index contributed by atoms with van der Waals surface area (Å²) in [4.78, 5) is 5.50. The number of hydrogen-bond donors (Lipinski definition) is 0. The summed E-state index contributed by atoms with van der Waals surface area (Å²) in [5.74, 6) is 0.972. The monoisotopic (exact) mass is 189 g/mol. The van der Waals surface area contributed by atoms with E-state index in [4.69, 9.17) is 4.74 Å². The van der Waals surface area contributed by atoms with Gasteiger partial charge in [0.2, 0.25) is 0 Å². The Morgan fingerprint density at radius 1 is 1.31 bits per heavy atom. The second-order valence-electron chi connectivity index (χ2n) is 2.91. The number of para-hydroxylation sites is 1. The van der Waals surface area contributed by atoms with Gasteiger partial charge in [0.05, 0.1) is 16.1 Å². The fourth-order valence-electron chi connectivity index (χ4n) is 1.52. The first-order valence-corrected chi connectivity index (χ1v) is 4.97. The molecule has 0 amide bonds. The van der Waals surface area contributed by atoms with Gasteiger partial charge < -0.3 is 4.74 Å². The smallest absolute Gasteiger partial charge is 0.132 e. The van der Waals surface area contributed by atoms with Crippen LogP contribution in [-0.2, 0) is 6.61 Å². The first-order valence-electron chi connectivity index (χ1n) is 4.10. The molecule has 1 aromatic carbocycles. The summed E-state index contributed by atoms with van der Waals surface area (Å²) >= 11 is 1.68. The molecule has 0 saturated heterocycles. The van der Waals surface area contributed by atoms with Crippen molar-refractivity contribution in [1.29, 1.82) is 0 Å². The van der Waals surface area contributed by atoms with Gasteiger partial charge in [0.15, 0.2) is 0 Å². The lowest BCUT2D eigenvalue weighted by Gasteiger charge is -2.15. The van der Waals surface area contributed by atoms with Crippen LogP contribution in [0.25, 0.3) is 10.4 Å². The van der Waals surface area contributed by atoms with Crippen molar-refractivity contribution in [3.8, 4) is 16.2 Å². The maximum Gasteiger partial charge on any atom is 0.132 e. The number of hydrogen-bond acceptors (Lipinski definition) is 3. The Kier molecular flexibility index (Phi) is 1.40. The highest BCUT2D eigenvalue weighted by atomic mass is 32.1. The number of thiazole rings is 1. The van der Waals surface area contributed by atoms with Crippen molar-refractivity contribution >= 4 is 11.3 Å². The van der Waals surface area contributed by atoms with Crippen LogP contribution in [-0.4, -0.2) is 4.98 Å². The number of aromatic nitrogens is 1. The van der Waals surface area contributed by atoms with Gasteiger partial charge in [-0.1, -0.05) is 12.1 Å². The van der Waals surface area contributed by atoms with E-state index in [1.165, 1.54) is 10.4 Å². The molecular formula is C10H7NOS. The van der Waals surface area contributed by atoms with E-state index < -0.39 is 0 Å². The van der Waals surface area contributed by atoms with Crippen LogP contribution in [0.1, 0.15) is 5.69 Å². The minimum Gasteiger partial charge on any atom is -0.487 e. The van der Waals surface area contributed by atoms with E-state index in [2.05, 4.69) is 11.1 Å². The van der Waals surface area contributed by atoms with E-state index in [1.807, 2.05) is 23.7 Å². The van der Waals surface area contributed by atoms with Crippen LogP contribution in [0.15, 0.2) is 29.8 Å². The van der Waals surface area contributed by atoms with Crippen LogP contribution < -0.4 is 4.74 Å². The van der Waals surface area contributed by atoms with E-state index in [1.54, 1.807) is 11.3 Å². The Balaban J connectivity index is 2.30. The molecule has 1 aliphatic heterocycles. The number of ether oxygens (including phenoxy) is 1. The number of nitrogens with zero attached hydrogens (tertiary/aromatic N) is 1. The van der Waals surface area contributed by atoms with Gasteiger partial charge in [0.1, 0.15) is 12.4 Å². The number of fused-ring (bicyclic) bond motifs is 3. The van der Waals surface area contributed by atoms with Crippen LogP contribution in [0, 0.1) is 0 Å². The molecule has 0 N–H and O–H groups in total. The zero-order valence-corrected chi connectivity index (χ0v) is 7.67. The predicted octanol–water partition coefficient (Wildman–Crippen LogP) is 2.70. The summed E-state index contributed by atoms with van der Waals surface area (Å²) in [5.41, 5.74) is 4.10. The Hall–Kier alpha value is -1.35. The highest BCUT2D eigenvalue weighted by Gasteiger charge is 2.18. The van der Waals surface area contributed by atoms with Gasteiger partial charge in [0, 0.05) is 5.56 Å². The van der Waals surface area contributed by atoms with Crippen LogP contribution in [0.4, 0.5) is 0 Å². The Bertz CT molecular complexity index is 450. The summed E-state index contributed by atoms with van der Waals surface area (Å²) in [5, 5.41) is 0. The molecule has 2 aromatic rings. The van der Waals surface area contributed by atoms with E-state index >= 15 is 0 Å². The third-order valence-corrected chi connectivity index (χ3v) is 3.04. The maximum absolute atomic E-state index is 5.55. The van der Waals surface area contributed by atoms with Crippen molar-refractivity contribution in [3.05, 3.63) is 35.5 Å². The van der Waals surface area contributed by atoms with Gasteiger partial charge in [-0.25, -0.2) is 4.98 Å². The molecule has 0 radical (unpaired) electrons. The van der Waals surface area contributed by atoms with Crippen molar-refractivity contribution in [2.75, 3.05) is 0 Å². The van der Waals surface area contributed by atoms with E-state index in [0.29, 0.717) is 6.61 Å². The van der Waals surface area contributed by atoms with Gasteiger partial charge in [-0.2, -0.15) is 0 Å². The molecule has 0 saturated carbocycles. The Morgan fingerprint density at radius 3 is 3.23 bits per heavy atom. The van der Waals surface area contributed by atoms with Crippen LogP contribution >= 0.6 is 11.3 Å². The molecule has 0 aliphatic carbocycles. The molecule has 3 heteroatoms. The van der Waals surface area contributed by atoms with Crippen LogP contribution in [0.2, 0.25) is 0 Å². The van der Waals surface area contributed by atoms with Gasteiger partial charge >= 0.3 is 0 Å². The molecule has 3 rings (SSSR count). The predicted molar refractivity (Wildman–Crippen MR) is 51.9 cm³/mol. The molecule has 13 heavy (non-hydrogen) atoms. The second kappa shape index (κ2) is 2.57. The molecule has 1 aromatic heterocycles. The van der Waals surface area contributed by atoms with Crippen LogP contribution in [0.5, 0.6) is 5.75 Å². The molecular weight excluding hydrogens is 182 g/mol. The van der Waals surface area contributed by atoms with Crippen molar-refractivity contribution < 1.29 is 4.74 Å². The summed E-state index contributed by atoms with van der Waals surface area (Å²) in [6, 6.07) is 8.09. The van der Waals surface area contributed by atoms with E-state index in [-0.39, 0.29) is 0 Å². The van der Waals surface area contributed by atoms with Gasteiger partial charge in [0.25, 0.3) is 0 Å². The van der Waals surface area contributed by atoms with E-state index in [9.17, 15) is 0 Å². The molecule has 2 nitrogen and oxygen atoms in total. The molecule has 0 atom stereocenters. The van der Waals surface area contributed by atoms with Crippen molar-refractivity contribution in [2.45, 2.75) is 6.61 Å². The molecule has 64 valence electrons. The Labute approximate surface area is 79.8 Å². The summed E-state index contributed by atoms with van der Waals surface area (Å²) < 4.78 is 5.55. The molecule has 2 heterocycles. The lowest BCUT2D eigenvalue weighted by atomic mass is 10.1. The first kappa shape index (κ1) is 7.09. The molecule has 0 fully saturated rings. The fraction of sp³-hybridized carbons (Fsp3) is 0.100. The van der Waals surface area contributed by atoms with Gasteiger partial charge in [-0.15, -0.1) is 11.3 Å². The molecule has 0 spiro atoms. The quantitative estimate of drug-likeness (QED) is 0.635. The minimum atomic E-state index is 0.607. The van der Waals surface area contributed by atoms with Gasteiger partial charge in [-0.05, 0) is 12.1 Å².